The number of rotatable bonds is 5. The van der Waals surface area contributed by atoms with E-state index in [4.69, 9.17) is 0 Å². The lowest BCUT2D eigenvalue weighted by Gasteiger charge is -2.22. The molecule has 6 aromatic carbocycles. The molecule has 56 heavy (non-hydrogen) atoms. The SMILES string of the molecule is C=C(/C=C\C(=C)c1ccccccc(/C2=C/C=C\C/C=C\C=C/C2)c2ccccc12)c1ccc2c(c1)-c1cc3c(ccc4sc5ccccc5c43)cc1C2(C)C. The van der Waals surface area contributed by atoms with Gasteiger partial charge in [-0.1, -0.05) is 179 Å². The minimum atomic E-state index is -0.103. The van der Waals surface area contributed by atoms with Crippen molar-refractivity contribution in [1.82, 2.24) is 0 Å². The van der Waals surface area contributed by atoms with E-state index in [1.807, 2.05) is 11.3 Å². The molecule has 0 fully saturated rings. The summed E-state index contributed by atoms with van der Waals surface area (Å²) in [4.78, 5) is 0. The van der Waals surface area contributed by atoms with Gasteiger partial charge in [0.05, 0.1) is 0 Å². The van der Waals surface area contributed by atoms with Gasteiger partial charge in [-0.05, 0) is 120 Å². The molecule has 0 atom stereocenters. The largest absolute Gasteiger partial charge is 0.135 e. The van der Waals surface area contributed by atoms with Crippen molar-refractivity contribution >= 4 is 69.8 Å². The predicted octanol–water partition coefficient (Wildman–Crippen LogP) is 15.9. The van der Waals surface area contributed by atoms with Gasteiger partial charge in [0.1, 0.15) is 0 Å². The number of hydrogen-bond acceptors (Lipinski definition) is 1. The number of hydrogen-bond donors (Lipinski definition) is 0. The van der Waals surface area contributed by atoms with Crippen molar-refractivity contribution in [3.05, 3.63) is 223 Å². The Hall–Kier alpha value is -6.28. The molecule has 1 heteroatoms. The van der Waals surface area contributed by atoms with Gasteiger partial charge in [-0.15, -0.1) is 11.3 Å². The standard InChI is InChI=1S/C55H44S/c1-37(28-29-38(2)42-22-14-10-11-15-23-43(45-25-17-16-24-44(42)45)39-20-12-8-6-5-7-9-13-21-39)40-30-32-50-48(34-40)49-36-47-41(35-51(49)55(50,3)4)31-33-53-54(47)46-26-18-19-27-52(46)56-53/h5-6,8-19,21-36H,1-2,7,20H2,3-4H3/b6-5-,11-10?,12-8-,13-9-,14-10?,15-11?,22-14?,23-15?,29-28-,39-21+,42-22?,43-23?,44-42?,45-43?. The number of benzene rings is 5. The summed E-state index contributed by atoms with van der Waals surface area (Å²) in [5.74, 6) is 0. The minimum absolute atomic E-state index is 0.103. The molecule has 1 aromatic heterocycles. The van der Waals surface area contributed by atoms with Crippen molar-refractivity contribution in [3.8, 4) is 11.1 Å². The van der Waals surface area contributed by atoms with Crippen LogP contribution in [0.25, 0.3) is 69.6 Å². The van der Waals surface area contributed by atoms with Crippen LogP contribution in [-0.4, -0.2) is 0 Å². The molecule has 0 saturated carbocycles. The molecule has 0 saturated heterocycles. The summed E-state index contributed by atoms with van der Waals surface area (Å²) >= 11 is 1.88. The summed E-state index contributed by atoms with van der Waals surface area (Å²) in [6, 6.07) is 46.8. The first-order valence-electron chi connectivity index (χ1n) is 19.5. The van der Waals surface area contributed by atoms with E-state index in [2.05, 4.69) is 209 Å². The molecular formula is C55H44S. The zero-order chi connectivity index (χ0) is 38.2. The van der Waals surface area contributed by atoms with Gasteiger partial charge in [-0.3, -0.25) is 0 Å². The first kappa shape index (κ1) is 35.4. The van der Waals surface area contributed by atoms with Crippen LogP contribution in [-0.2, 0) is 5.41 Å². The van der Waals surface area contributed by atoms with Crippen LogP contribution in [0.1, 0.15) is 54.5 Å². The summed E-state index contributed by atoms with van der Waals surface area (Å²) in [6.45, 7) is 13.9. The van der Waals surface area contributed by atoms with E-state index in [1.165, 1.54) is 69.7 Å². The predicted molar refractivity (Wildman–Crippen MR) is 248 cm³/mol. The van der Waals surface area contributed by atoms with E-state index in [9.17, 15) is 0 Å². The molecule has 0 nitrogen and oxygen atoms in total. The molecule has 2 aliphatic rings. The minimum Gasteiger partial charge on any atom is -0.135 e. The lowest BCUT2D eigenvalue weighted by atomic mass is 9.81. The Bertz CT molecular complexity index is 2970. The quantitative estimate of drug-likeness (QED) is 0.154. The monoisotopic (exact) mass is 736 g/mol. The average Bonchev–Trinajstić information content (AvgIpc) is 3.71. The maximum atomic E-state index is 4.62. The van der Waals surface area contributed by atoms with Crippen molar-refractivity contribution < 1.29 is 0 Å². The van der Waals surface area contributed by atoms with Gasteiger partial charge in [-0.2, -0.15) is 0 Å². The average molecular weight is 737 g/mol. The number of allylic oxidation sites excluding steroid dienone is 12. The van der Waals surface area contributed by atoms with Crippen LogP contribution in [0, 0.1) is 0 Å². The van der Waals surface area contributed by atoms with Gasteiger partial charge >= 0.3 is 0 Å². The Balaban J connectivity index is 1.10. The fourth-order valence-corrected chi connectivity index (χ4v) is 9.67. The maximum Gasteiger partial charge on any atom is 0.0361 e. The Kier molecular flexibility index (Phi) is 9.33. The molecule has 0 N–H and O–H groups in total. The molecule has 9 rings (SSSR count). The fourth-order valence-electron chi connectivity index (χ4n) is 8.54. The lowest BCUT2D eigenvalue weighted by Crippen LogP contribution is -2.14. The van der Waals surface area contributed by atoms with E-state index in [1.54, 1.807) is 0 Å². The Morgan fingerprint density at radius 1 is 0.571 bits per heavy atom. The highest BCUT2D eigenvalue weighted by Crippen LogP contribution is 2.52. The van der Waals surface area contributed by atoms with Crippen LogP contribution in [0.4, 0.5) is 0 Å². The summed E-state index contributed by atoms with van der Waals surface area (Å²) in [7, 11) is 0. The molecule has 7 aromatic rings. The number of fused-ring (bicyclic) bond motifs is 9. The van der Waals surface area contributed by atoms with Crippen LogP contribution in [0.15, 0.2) is 195 Å². The normalized spacial score (nSPS) is 17.2. The molecule has 0 unspecified atom stereocenters. The Morgan fingerprint density at radius 3 is 2.16 bits per heavy atom. The van der Waals surface area contributed by atoms with Gasteiger partial charge in [-0.25, -0.2) is 0 Å². The van der Waals surface area contributed by atoms with Gasteiger partial charge in [0, 0.05) is 25.6 Å². The van der Waals surface area contributed by atoms with Crippen LogP contribution >= 0.6 is 11.3 Å². The molecule has 0 radical (unpaired) electrons. The van der Waals surface area contributed by atoms with Crippen LogP contribution < -0.4 is 0 Å². The third kappa shape index (κ3) is 6.39. The van der Waals surface area contributed by atoms with E-state index in [-0.39, 0.29) is 5.41 Å². The van der Waals surface area contributed by atoms with Crippen molar-refractivity contribution in [2.24, 2.45) is 0 Å². The van der Waals surface area contributed by atoms with Gasteiger partial charge in [0.15, 0.2) is 0 Å². The molecule has 1 heterocycles. The smallest absolute Gasteiger partial charge is 0.0361 e. The van der Waals surface area contributed by atoms with E-state index in [0.29, 0.717) is 0 Å². The second-order valence-electron chi connectivity index (χ2n) is 15.3. The first-order chi connectivity index (χ1) is 27.4. The van der Waals surface area contributed by atoms with Gasteiger partial charge in [0.25, 0.3) is 0 Å². The highest BCUT2D eigenvalue weighted by atomic mass is 32.1. The molecule has 0 spiro atoms. The summed E-state index contributed by atoms with van der Waals surface area (Å²) < 4.78 is 2.68. The third-order valence-corrected chi connectivity index (χ3v) is 12.6. The van der Waals surface area contributed by atoms with Crippen molar-refractivity contribution in [3.63, 3.8) is 0 Å². The van der Waals surface area contributed by atoms with Crippen LogP contribution in [0.5, 0.6) is 0 Å². The molecule has 0 amide bonds. The Morgan fingerprint density at radius 2 is 1.29 bits per heavy atom. The molecule has 0 aliphatic heterocycles. The fraction of sp³-hybridized carbons (Fsp3) is 0.0909. The maximum absolute atomic E-state index is 4.62. The van der Waals surface area contributed by atoms with E-state index in [0.717, 1.165) is 40.5 Å². The zero-order valence-electron chi connectivity index (χ0n) is 32.1. The van der Waals surface area contributed by atoms with Crippen molar-refractivity contribution in [1.29, 1.82) is 0 Å². The van der Waals surface area contributed by atoms with Crippen molar-refractivity contribution in [2.75, 3.05) is 0 Å². The number of thiophene rings is 1. The topological polar surface area (TPSA) is 0 Å². The van der Waals surface area contributed by atoms with E-state index >= 15 is 0 Å². The molecule has 0 bridgehead atoms. The summed E-state index contributed by atoms with van der Waals surface area (Å²) in [6.07, 6.45) is 21.4. The lowest BCUT2D eigenvalue weighted by molar-refractivity contribution is 0.661. The molecular weight excluding hydrogens is 693 g/mol. The second kappa shape index (κ2) is 14.8. The highest BCUT2D eigenvalue weighted by molar-refractivity contribution is 7.26. The first-order valence-corrected chi connectivity index (χ1v) is 20.3. The van der Waals surface area contributed by atoms with Crippen molar-refractivity contribution in [2.45, 2.75) is 32.1 Å². The van der Waals surface area contributed by atoms with Gasteiger partial charge in [0.2, 0.25) is 0 Å². The van der Waals surface area contributed by atoms with Gasteiger partial charge < -0.3 is 0 Å². The summed E-state index contributed by atoms with van der Waals surface area (Å²) in [5.41, 5.74) is 11.8. The van der Waals surface area contributed by atoms with E-state index < -0.39 is 0 Å². The van der Waals surface area contributed by atoms with Crippen LogP contribution in [0.3, 0.4) is 0 Å². The summed E-state index contributed by atoms with van der Waals surface area (Å²) in [5, 5.41) is 7.67. The third-order valence-electron chi connectivity index (χ3n) is 11.5. The molecule has 270 valence electrons. The molecule has 2 aliphatic carbocycles. The zero-order valence-corrected chi connectivity index (χ0v) is 32.9. The highest BCUT2D eigenvalue weighted by Gasteiger charge is 2.36. The Labute approximate surface area is 334 Å². The van der Waals surface area contributed by atoms with Crippen LogP contribution in [0.2, 0.25) is 0 Å². The second-order valence-corrected chi connectivity index (χ2v) is 16.4.